The number of unbranched alkanes of at least 4 members (excludes halogenated alkanes) is 1. The normalized spacial score (nSPS) is 12.2. The summed E-state index contributed by atoms with van der Waals surface area (Å²) >= 11 is 5.76. The van der Waals surface area contributed by atoms with Crippen LogP contribution in [-0.2, 0) is 14.4 Å². The number of nitrogens with one attached hydrogen (secondary N) is 4. The summed E-state index contributed by atoms with van der Waals surface area (Å²) in [5, 5.41) is 36.8. The van der Waals surface area contributed by atoms with Crippen molar-refractivity contribution in [2.45, 2.75) is 44.2 Å². The van der Waals surface area contributed by atoms with E-state index in [2.05, 4.69) is 21.3 Å². The Labute approximate surface area is 188 Å². The lowest BCUT2D eigenvalue weighted by Crippen LogP contribution is -2.46. The highest BCUT2D eigenvalue weighted by molar-refractivity contribution is 6.30. The first-order chi connectivity index (χ1) is 15.1. The summed E-state index contributed by atoms with van der Waals surface area (Å²) in [6, 6.07) is 2.29. The van der Waals surface area contributed by atoms with E-state index in [0.717, 1.165) is 0 Å². The standard InChI is InChI=1S/C19H25ClN4O8/c20-11-4-6-12(7-5-11)22-19(32)24-13(16(27)28)3-1-2-10-21-18(31)23-14(17(29)30)8-9-15(25)26/h4-7,13-14H,1-3,8-10H2,(H,25,26)(H,27,28)(H,29,30)(H2,21,23,31)(H2,22,24,32). The summed E-state index contributed by atoms with van der Waals surface area (Å²) < 4.78 is 0. The maximum Gasteiger partial charge on any atom is 0.326 e. The molecule has 0 heterocycles. The number of halogens is 1. The van der Waals surface area contributed by atoms with E-state index in [1.165, 1.54) is 0 Å². The minimum atomic E-state index is -1.35. The largest absolute Gasteiger partial charge is 0.481 e. The van der Waals surface area contributed by atoms with Crippen molar-refractivity contribution in [3.05, 3.63) is 29.3 Å². The fourth-order valence-electron chi connectivity index (χ4n) is 2.53. The molecule has 0 saturated carbocycles. The lowest BCUT2D eigenvalue weighted by molar-refractivity contribution is -0.141. The maximum absolute atomic E-state index is 12.0. The van der Waals surface area contributed by atoms with E-state index in [4.69, 9.17) is 21.8 Å². The van der Waals surface area contributed by atoms with E-state index < -0.39 is 48.5 Å². The van der Waals surface area contributed by atoms with Crippen molar-refractivity contribution < 1.29 is 39.3 Å². The number of carbonyl (C=O) groups is 5. The average Bonchev–Trinajstić information content (AvgIpc) is 2.71. The molecule has 0 aliphatic carbocycles. The van der Waals surface area contributed by atoms with E-state index in [0.29, 0.717) is 23.6 Å². The number of amides is 4. The quantitative estimate of drug-likeness (QED) is 0.210. The molecule has 0 radical (unpaired) electrons. The number of hydrogen-bond donors (Lipinski definition) is 7. The highest BCUT2D eigenvalue weighted by Gasteiger charge is 2.21. The molecule has 1 aromatic carbocycles. The molecule has 0 saturated heterocycles. The predicted octanol–water partition coefficient (Wildman–Crippen LogP) is 1.70. The van der Waals surface area contributed by atoms with Crippen LogP contribution in [-0.4, -0.2) is 63.9 Å². The molecule has 7 N–H and O–H groups in total. The third-order valence-electron chi connectivity index (χ3n) is 4.16. The summed E-state index contributed by atoms with van der Waals surface area (Å²) in [7, 11) is 0. The Morgan fingerprint density at radius 1 is 0.812 bits per heavy atom. The summed E-state index contributed by atoms with van der Waals surface area (Å²) in [6.07, 6.45) is 0.141. The van der Waals surface area contributed by atoms with Gasteiger partial charge < -0.3 is 36.6 Å². The first-order valence-corrected chi connectivity index (χ1v) is 10.0. The molecule has 13 heteroatoms. The highest BCUT2D eigenvalue weighted by Crippen LogP contribution is 2.13. The van der Waals surface area contributed by atoms with Crippen LogP contribution in [0, 0.1) is 0 Å². The zero-order chi connectivity index (χ0) is 24.1. The average molecular weight is 473 g/mol. The van der Waals surface area contributed by atoms with Crippen LogP contribution >= 0.6 is 11.6 Å². The van der Waals surface area contributed by atoms with Crippen LogP contribution in [0.15, 0.2) is 24.3 Å². The molecule has 1 aromatic rings. The van der Waals surface area contributed by atoms with Gasteiger partial charge in [-0.25, -0.2) is 19.2 Å². The van der Waals surface area contributed by atoms with E-state index in [1.807, 2.05) is 0 Å². The molecule has 0 bridgehead atoms. The Kier molecular flexibility index (Phi) is 11.3. The third-order valence-corrected chi connectivity index (χ3v) is 4.41. The van der Waals surface area contributed by atoms with Gasteiger partial charge in [-0.15, -0.1) is 0 Å². The number of benzene rings is 1. The van der Waals surface area contributed by atoms with Crippen molar-refractivity contribution >= 4 is 47.3 Å². The van der Waals surface area contributed by atoms with Gasteiger partial charge in [-0.1, -0.05) is 11.6 Å². The third kappa shape index (κ3) is 11.0. The molecule has 1 rings (SSSR count). The molecule has 12 nitrogen and oxygen atoms in total. The molecule has 4 amide bonds. The number of carboxylic acids is 3. The van der Waals surface area contributed by atoms with Crippen LogP contribution in [0.1, 0.15) is 32.1 Å². The maximum atomic E-state index is 12.0. The van der Waals surface area contributed by atoms with Crippen LogP contribution in [0.4, 0.5) is 15.3 Å². The molecule has 176 valence electrons. The van der Waals surface area contributed by atoms with Gasteiger partial charge in [-0.3, -0.25) is 4.79 Å². The van der Waals surface area contributed by atoms with Crippen molar-refractivity contribution in [1.82, 2.24) is 16.0 Å². The van der Waals surface area contributed by atoms with Crippen molar-refractivity contribution in [2.75, 3.05) is 11.9 Å². The molecule has 0 aromatic heterocycles. The monoisotopic (exact) mass is 472 g/mol. The zero-order valence-electron chi connectivity index (χ0n) is 17.0. The molecule has 2 unspecified atom stereocenters. The van der Waals surface area contributed by atoms with Gasteiger partial charge in [0.15, 0.2) is 0 Å². The Morgan fingerprint density at radius 3 is 1.94 bits per heavy atom. The number of aliphatic carboxylic acids is 3. The smallest absolute Gasteiger partial charge is 0.326 e. The summed E-state index contributed by atoms with van der Waals surface area (Å²) in [5.74, 6) is -3.75. The zero-order valence-corrected chi connectivity index (χ0v) is 17.7. The second-order valence-electron chi connectivity index (χ2n) is 6.72. The summed E-state index contributed by atoms with van der Waals surface area (Å²) in [5.41, 5.74) is 0.439. The molecular weight excluding hydrogens is 448 g/mol. The number of carboxylic acid groups (broad SMARTS) is 3. The molecule has 0 spiro atoms. The topological polar surface area (TPSA) is 194 Å². The minimum absolute atomic E-state index is 0.100. The fraction of sp³-hybridized carbons (Fsp3) is 0.421. The van der Waals surface area contributed by atoms with Crippen LogP contribution in [0.3, 0.4) is 0 Å². The van der Waals surface area contributed by atoms with Crippen molar-refractivity contribution in [3.8, 4) is 0 Å². The van der Waals surface area contributed by atoms with Gasteiger partial charge in [0, 0.05) is 23.7 Å². The second kappa shape index (κ2) is 13.7. The molecule has 0 aliphatic rings. The highest BCUT2D eigenvalue weighted by atomic mass is 35.5. The Morgan fingerprint density at radius 2 is 1.38 bits per heavy atom. The Bertz CT molecular complexity index is 818. The number of urea groups is 2. The minimum Gasteiger partial charge on any atom is -0.481 e. The molecule has 32 heavy (non-hydrogen) atoms. The first-order valence-electron chi connectivity index (χ1n) is 9.63. The molecule has 0 fully saturated rings. The Balaban J connectivity index is 2.34. The van der Waals surface area contributed by atoms with Crippen LogP contribution in [0.25, 0.3) is 0 Å². The van der Waals surface area contributed by atoms with Crippen molar-refractivity contribution in [3.63, 3.8) is 0 Å². The number of carbonyl (C=O) groups excluding carboxylic acids is 2. The van der Waals surface area contributed by atoms with Gasteiger partial charge in [0.1, 0.15) is 12.1 Å². The Hall–Kier alpha value is -3.54. The van der Waals surface area contributed by atoms with Crippen LogP contribution < -0.4 is 21.3 Å². The van der Waals surface area contributed by atoms with Gasteiger partial charge in [-0.2, -0.15) is 0 Å². The van der Waals surface area contributed by atoms with Gasteiger partial charge in [-0.05, 0) is 49.9 Å². The molecular formula is C19H25ClN4O8. The second-order valence-corrected chi connectivity index (χ2v) is 7.15. The number of anilines is 1. The molecule has 2 atom stereocenters. The van der Waals surface area contributed by atoms with Gasteiger partial charge in [0.05, 0.1) is 0 Å². The van der Waals surface area contributed by atoms with Crippen molar-refractivity contribution in [2.24, 2.45) is 0 Å². The van der Waals surface area contributed by atoms with Gasteiger partial charge >= 0.3 is 30.0 Å². The van der Waals surface area contributed by atoms with Crippen LogP contribution in [0.2, 0.25) is 5.02 Å². The van der Waals surface area contributed by atoms with E-state index in [-0.39, 0.29) is 19.4 Å². The lowest BCUT2D eigenvalue weighted by Gasteiger charge is -2.16. The first kappa shape index (κ1) is 26.5. The number of hydrogen-bond acceptors (Lipinski definition) is 5. The lowest BCUT2D eigenvalue weighted by atomic mass is 10.1. The van der Waals surface area contributed by atoms with E-state index in [9.17, 15) is 29.1 Å². The van der Waals surface area contributed by atoms with Gasteiger partial charge in [0.2, 0.25) is 0 Å². The van der Waals surface area contributed by atoms with Crippen molar-refractivity contribution in [1.29, 1.82) is 0 Å². The fourth-order valence-corrected chi connectivity index (χ4v) is 2.65. The predicted molar refractivity (Wildman–Crippen MR) is 114 cm³/mol. The van der Waals surface area contributed by atoms with E-state index in [1.54, 1.807) is 24.3 Å². The van der Waals surface area contributed by atoms with Crippen LogP contribution in [0.5, 0.6) is 0 Å². The summed E-state index contributed by atoms with van der Waals surface area (Å²) in [4.78, 5) is 56.7. The molecule has 0 aliphatic heterocycles. The SMILES string of the molecule is O=C(O)CCC(NC(=O)NCCCCC(NC(=O)Nc1ccc(Cl)cc1)C(=O)O)C(=O)O. The summed E-state index contributed by atoms with van der Waals surface area (Å²) in [6.45, 7) is 0.125. The number of rotatable bonds is 13. The van der Waals surface area contributed by atoms with E-state index >= 15 is 0 Å². The van der Waals surface area contributed by atoms with Gasteiger partial charge in [0.25, 0.3) is 0 Å².